The van der Waals surface area contributed by atoms with Gasteiger partial charge in [-0.05, 0) is 35.4 Å². The second-order valence-corrected chi connectivity index (χ2v) is 8.49. The topological polar surface area (TPSA) is 123 Å². The third-order valence-electron chi connectivity index (χ3n) is 6.23. The molecular weight excluding hydrogens is 426 g/mol. The van der Waals surface area contributed by atoms with Crippen LogP contribution in [0.2, 0.25) is 0 Å². The summed E-state index contributed by atoms with van der Waals surface area (Å²) >= 11 is 0. The standard InChI is InChI=1S/C26H25N7O/c27-9-11-33-15-19(16-33)17-4-6-20(7-5-17)32-25-12-24(22(14-31-25)26(28)34)30-13-18-2-1-3-23-21(18)8-10-29-23/h1-8,10,12,14,19,29H,11,13,15-16H2,(H2,28,34)(H2,30,31,32). The molecule has 1 amide bonds. The monoisotopic (exact) mass is 451 g/mol. The van der Waals surface area contributed by atoms with Gasteiger partial charge in [0.2, 0.25) is 0 Å². The summed E-state index contributed by atoms with van der Waals surface area (Å²) in [5.74, 6) is 0.552. The number of carbonyl (C=O) groups is 1. The summed E-state index contributed by atoms with van der Waals surface area (Å²) in [6.07, 6.45) is 3.41. The number of anilines is 3. The number of nitrogens with one attached hydrogen (secondary N) is 3. The fourth-order valence-electron chi connectivity index (χ4n) is 4.36. The third kappa shape index (κ3) is 4.42. The Hall–Kier alpha value is -4.35. The van der Waals surface area contributed by atoms with Crippen LogP contribution in [-0.4, -0.2) is 40.4 Å². The minimum absolute atomic E-state index is 0.342. The molecule has 8 heteroatoms. The molecule has 0 bridgehead atoms. The summed E-state index contributed by atoms with van der Waals surface area (Å²) in [6.45, 7) is 2.86. The Kier molecular flexibility index (Phi) is 5.85. The second kappa shape index (κ2) is 9.25. The van der Waals surface area contributed by atoms with Gasteiger partial charge in [0.05, 0.1) is 23.9 Å². The first kappa shape index (κ1) is 21.5. The molecule has 0 saturated carbocycles. The number of likely N-dealkylation sites (tertiary alicyclic amines) is 1. The molecule has 3 heterocycles. The van der Waals surface area contributed by atoms with Crippen molar-refractivity contribution >= 4 is 34.0 Å². The molecule has 170 valence electrons. The number of aromatic amines is 1. The number of hydrogen-bond acceptors (Lipinski definition) is 6. The molecule has 0 atom stereocenters. The fourth-order valence-corrected chi connectivity index (χ4v) is 4.36. The van der Waals surface area contributed by atoms with Crippen molar-refractivity contribution in [2.45, 2.75) is 12.5 Å². The Morgan fingerprint density at radius 3 is 2.79 bits per heavy atom. The van der Waals surface area contributed by atoms with Crippen molar-refractivity contribution < 1.29 is 4.79 Å². The quantitative estimate of drug-likeness (QED) is 0.301. The number of nitrogens with zero attached hydrogens (tertiary/aromatic N) is 3. The molecule has 2 aromatic heterocycles. The lowest BCUT2D eigenvalue weighted by Gasteiger charge is -2.37. The summed E-state index contributed by atoms with van der Waals surface area (Å²) in [7, 11) is 0. The first-order chi connectivity index (χ1) is 16.6. The van der Waals surface area contributed by atoms with Gasteiger partial charge in [0.25, 0.3) is 5.91 Å². The van der Waals surface area contributed by atoms with Crippen molar-refractivity contribution in [2.24, 2.45) is 5.73 Å². The number of rotatable bonds is 8. The highest BCUT2D eigenvalue weighted by molar-refractivity contribution is 5.98. The van der Waals surface area contributed by atoms with Crippen LogP contribution in [0, 0.1) is 11.3 Å². The van der Waals surface area contributed by atoms with Gasteiger partial charge in [-0.2, -0.15) is 5.26 Å². The van der Waals surface area contributed by atoms with Crippen molar-refractivity contribution in [3.63, 3.8) is 0 Å². The number of fused-ring (bicyclic) bond motifs is 1. The predicted octanol–water partition coefficient (Wildman–Crippen LogP) is 3.94. The number of H-pyrrole nitrogens is 1. The fraction of sp³-hybridized carbons (Fsp3) is 0.192. The number of aromatic nitrogens is 2. The van der Waals surface area contributed by atoms with Crippen molar-refractivity contribution in [1.82, 2.24) is 14.9 Å². The summed E-state index contributed by atoms with van der Waals surface area (Å²) in [5, 5.41) is 16.6. The van der Waals surface area contributed by atoms with Crippen LogP contribution in [-0.2, 0) is 6.54 Å². The Balaban J connectivity index is 1.29. The average Bonchev–Trinajstić information content (AvgIpc) is 3.30. The Morgan fingerprint density at radius 2 is 2.03 bits per heavy atom. The van der Waals surface area contributed by atoms with E-state index < -0.39 is 5.91 Å². The van der Waals surface area contributed by atoms with Gasteiger partial charge in [-0.15, -0.1) is 0 Å². The molecule has 1 aliphatic heterocycles. The number of hydrogen-bond donors (Lipinski definition) is 4. The normalized spacial score (nSPS) is 13.9. The molecule has 4 aromatic rings. The zero-order valence-corrected chi connectivity index (χ0v) is 18.6. The van der Waals surface area contributed by atoms with Gasteiger partial charge in [0, 0.05) is 60.6 Å². The van der Waals surface area contributed by atoms with Crippen molar-refractivity contribution in [3.8, 4) is 6.07 Å². The summed E-state index contributed by atoms with van der Waals surface area (Å²) in [5.41, 5.74) is 10.9. The maximum atomic E-state index is 12.0. The second-order valence-electron chi connectivity index (χ2n) is 8.49. The first-order valence-corrected chi connectivity index (χ1v) is 11.2. The predicted molar refractivity (Wildman–Crippen MR) is 133 cm³/mol. The van der Waals surface area contributed by atoms with Gasteiger partial charge in [-0.1, -0.05) is 24.3 Å². The number of benzene rings is 2. The van der Waals surface area contributed by atoms with Gasteiger partial charge in [-0.3, -0.25) is 9.69 Å². The maximum Gasteiger partial charge on any atom is 0.252 e. The highest BCUT2D eigenvalue weighted by Gasteiger charge is 2.27. The molecule has 1 saturated heterocycles. The van der Waals surface area contributed by atoms with E-state index >= 15 is 0 Å². The van der Waals surface area contributed by atoms with Gasteiger partial charge in [0.1, 0.15) is 5.82 Å². The van der Waals surface area contributed by atoms with Crippen LogP contribution in [0.3, 0.4) is 0 Å². The molecule has 5 rings (SSSR count). The average molecular weight is 452 g/mol. The van der Waals surface area contributed by atoms with Crippen LogP contribution in [0.25, 0.3) is 10.9 Å². The number of amides is 1. The number of primary amides is 1. The van der Waals surface area contributed by atoms with Gasteiger partial charge < -0.3 is 21.4 Å². The van der Waals surface area contributed by atoms with E-state index in [0.717, 1.165) is 35.2 Å². The Morgan fingerprint density at radius 1 is 1.21 bits per heavy atom. The minimum Gasteiger partial charge on any atom is -0.380 e. The highest BCUT2D eigenvalue weighted by atomic mass is 16.1. The molecule has 34 heavy (non-hydrogen) atoms. The van der Waals surface area contributed by atoms with E-state index in [2.05, 4.69) is 49.8 Å². The van der Waals surface area contributed by atoms with Crippen molar-refractivity contribution in [3.05, 3.63) is 83.7 Å². The van der Waals surface area contributed by atoms with E-state index in [-0.39, 0.29) is 0 Å². The number of nitriles is 1. The molecule has 0 unspecified atom stereocenters. The molecule has 2 aromatic carbocycles. The summed E-state index contributed by atoms with van der Waals surface area (Å²) < 4.78 is 0. The first-order valence-electron chi connectivity index (χ1n) is 11.2. The van der Waals surface area contributed by atoms with E-state index in [1.54, 1.807) is 6.07 Å². The van der Waals surface area contributed by atoms with E-state index in [0.29, 0.717) is 36.1 Å². The van der Waals surface area contributed by atoms with Crippen LogP contribution in [0.5, 0.6) is 0 Å². The highest BCUT2D eigenvalue weighted by Crippen LogP contribution is 2.29. The Bertz CT molecular complexity index is 1360. The SMILES string of the molecule is N#CCN1CC(c2ccc(Nc3cc(NCc4cccc5[nH]ccc45)c(C(N)=O)cn3)cc2)C1. The Labute approximate surface area is 197 Å². The molecular formula is C26H25N7O. The largest absolute Gasteiger partial charge is 0.380 e. The lowest BCUT2D eigenvalue weighted by Crippen LogP contribution is -2.44. The van der Waals surface area contributed by atoms with Crippen molar-refractivity contribution in [1.29, 1.82) is 5.26 Å². The third-order valence-corrected chi connectivity index (χ3v) is 6.23. The molecule has 0 radical (unpaired) electrons. The zero-order valence-electron chi connectivity index (χ0n) is 18.6. The van der Waals surface area contributed by atoms with Gasteiger partial charge in [0.15, 0.2) is 0 Å². The lowest BCUT2D eigenvalue weighted by atomic mass is 9.91. The number of carbonyl (C=O) groups excluding carboxylic acids is 1. The van der Waals surface area contributed by atoms with Crippen LogP contribution in [0.15, 0.2) is 67.0 Å². The smallest absolute Gasteiger partial charge is 0.252 e. The molecule has 1 fully saturated rings. The van der Waals surface area contributed by atoms with Gasteiger partial charge in [-0.25, -0.2) is 4.98 Å². The lowest BCUT2D eigenvalue weighted by molar-refractivity contribution is 0.100. The van der Waals surface area contributed by atoms with E-state index in [4.69, 9.17) is 11.0 Å². The maximum absolute atomic E-state index is 12.0. The van der Waals surface area contributed by atoms with Crippen molar-refractivity contribution in [2.75, 3.05) is 30.3 Å². The molecule has 1 aliphatic rings. The number of nitrogens with two attached hydrogens (primary N) is 1. The van der Waals surface area contributed by atoms with Gasteiger partial charge >= 0.3 is 0 Å². The van der Waals surface area contributed by atoms with E-state index in [9.17, 15) is 4.79 Å². The number of pyridine rings is 1. The van der Waals surface area contributed by atoms with Crippen LogP contribution >= 0.6 is 0 Å². The molecule has 0 aliphatic carbocycles. The van der Waals surface area contributed by atoms with E-state index in [1.807, 2.05) is 36.5 Å². The molecule has 5 N–H and O–H groups in total. The summed E-state index contributed by atoms with van der Waals surface area (Å²) in [4.78, 5) is 21.7. The minimum atomic E-state index is -0.531. The summed E-state index contributed by atoms with van der Waals surface area (Å²) in [6, 6.07) is 20.4. The van der Waals surface area contributed by atoms with Crippen LogP contribution in [0.1, 0.15) is 27.4 Å². The molecule has 8 nitrogen and oxygen atoms in total. The van der Waals surface area contributed by atoms with E-state index in [1.165, 1.54) is 11.8 Å². The zero-order chi connectivity index (χ0) is 23.5. The van der Waals surface area contributed by atoms with Crippen LogP contribution < -0.4 is 16.4 Å². The molecule has 0 spiro atoms. The van der Waals surface area contributed by atoms with Crippen LogP contribution in [0.4, 0.5) is 17.2 Å².